The normalized spacial score (nSPS) is 10.5. The fourth-order valence-electron chi connectivity index (χ4n) is 3.14. The van der Waals surface area contributed by atoms with Crippen LogP contribution in [0.3, 0.4) is 0 Å². The fourth-order valence-corrected chi connectivity index (χ4v) is 3.14. The van der Waals surface area contributed by atoms with Crippen molar-refractivity contribution in [3.8, 4) is 0 Å². The first-order valence-corrected chi connectivity index (χ1v) is 8.67. The zero-order valence-electron chi connectivity index (χ0n) is 15.0. The Morgan fingerprint density at radius 1 is 0.962 bits per heavy atom. The van der Waals surface area contributed by atoms with Crippen LogP contribution in [0.2, 0.25) is 0 Å². The van der Waals surface area contributed by atoms with Crippen LogP contribution in [0.1, 0.15) is 27.3 Å². The molecular weight excluding hydrogens is 324 g/mol. The van der Waals surface area contributed by atoms with Crippen molar-refractivity contribution in [1.82, 2.24) is 4.57 Å². The van der Waals surface area contributed by atoms with Crippen LogP contribution in [0, 0.1) is 13.8 Å². The number of para-hydroxylation sites is 1. The predicted octanol–water partition coefficient (Wildman–Crippen LogP) is 3.96. The summed E-state index contributed by atoms with van der Waals surface area (Å²) >= 11 is 0. The molecule has 0 bridgehead atoms. The molecule has 2 aromatic carbocycles. The van der Waals surface area contributed by atoms with Crippen LogP contribution in [0.4, 0.5) is 5.69 Å². The van der Waals surface area contributed by atoms with Crippen molar-refractivity contribution in [2.75, 3.05) is 5.32 Å². The van der Waals surface area contributed by atoms with Crippen molar-refractivity contribution in [3.63, 3.8) is 0 Å². The molecule has 4 heteroatoms. The molecule has 0 unspecified atom stereocenters. The molecule has 0 fully saturated rings. The second-order valence-electron chi connectivity index (χ2n) is 6.32. The molecule has 1 N–H and O–H groups in total. The Labute approximate surface area is 153 Å². The first-order valence-electron chi connectivity index (χ1n) is 8.67. The third-order valence-electron chi connectivity index (χ3n) is 4.50. The Hall–Kier alpha value is -3.14. The molecule has 0 saturated carbocycles. The molecule has 1 heterocycles. The summed E-state index contributed by atoms with van der Waals surface area (Å²) < 4.78 is 2.04. The molecule has 0 aliphatic heterocycles. The molecule has 1 amide bonds. The monoisotopic (exact) mass is 346 g/mol. The van der Waals surface area contributed by atoms with Gasteiger partial charge in [-0.3, -0.25) is 9.59 Å². The molecule has 0 spiro atoms. The van der Waals surface area contributed by atoms with Crippen molar-refractivity contribution in [1.29, 1.82) is 0 Å². The second kappa shape index (κ2) is 7.83. The quantitative estimate of drug-likeness (QED) is 0.760. The van der Waals surface area contributed by atoms with Crippen LogP contribution in [-0.2, 0) is 13.0 Å². The van der Waals surface area contributed by atoms with Crippen molar-refractivity contribution in [2.45, 2.75) is 26.8 Å². The average molecular weight is 346 g/mol. The molecular formula is C22H22N2O2. The van der Waals surface area contributed by atoms with Gasteiger partial charge in [0.1, 0.15) is 5.56 Å². The van der Waals surface area contributed by atoms with E-state index in [2.05, 4.69) is 17.4 Å². The minimum absolute atomic E-state index is 0.201. The van der Waals surface area contributed by atoms with E-state index in [-0.39, 0.29) is 16.9 Å². The van der Waals surface area contributed by atoms with Crippen LogP contribution in [0.25, 0.3) is 0 Å². The first-order chi connectivity index (χ1) is 12.6. The predicted molar refractivity (Wildman–Crippen MR) is 105 cm³/mol. The number of rotatable bonds is 5. The highest BCUT2D eigenvalue weighted by Gasteiger charge is 2.17. The van der Waals surface area contributed by atoms with Crippen LogP contribution in [-0.4, -0.2) is 10.5 Å². The minimum atomic E-state index is -0.368. The molecule has 0 aliphatic carbocycles. The lowest BCUT2D eigenvalue weighted by Gasteiger charge is -2.17. The number of carbonyl (C=O) groups excluding carboxylic acids is 1. The molecule has 4 nitrogen and oxygen atoms in total. The van der Waals surface area contributed by atoms with Crippen LogP contribution < -0.4 is 10.7 Å². The van der Waals surface area contributed by atoms with Gasteiger partial charge >= 0.3 is 0 Å². The Morgan fingerprint density at radius 3 is 2.23 bits per heavy atom. The Morgan fingerprint density at radius 2 is 1.58 bits per heavy atom. The third kappa shape index (κ3) is 3.91. The van der Waals surface area contributed by atoms with E-state index >= 15 is 0 Å². The summed E-state index contributed by atoms with van der Waals surface area (Å²) in [7, 11) is 0. The maximum atomic E-state index is 12.7. The van der Waals surface area contributed by atoms with E-state index < -0.39 is 0 Å². The molecule has 132 valence electrons. The number of benzene rings is 2. The van der Waals surface area contributed by atoms with Gasteiger partial charge in [-0.1, -0.05) is 48.5 Å². The third-order valence-corrected chi connectivity index (χ3v) is 4.50. The van der Waals surface area contributed by atoms with Gasteiger partial charge in [0.15, 0.2) is 5.43 Å². The molecule has 0 radical (unpaired) electrons. The Kier molecular flexibility index (Phi) is 5.32. The van der Waals surface area contributed by atoms with Gasteiger partial charge in [0.25, 0.3) is 5.91 Å². The lowest BCUT2D eigenvalue weighted by molar-refractivity contribution is 0.102. The summed E-state index contributed by atoms with van der Waals surface area (Å²) in [6.07, 6.45) is 0.838. The Balaban J connectivity index is 1.88. The van der Waals surface area contributed by atoms with Gasteiger partial charge in [-0.25, -0.2) is 0 Å². The molecule has 0 saturated heterocycles. The van der Waals surface area contributed by atoms with Gasteiger partial charge in [-0.05, 0) is 38.0 Å². The highest BCUT2D eigenvalue weighted by Crippen LogP contribution is 2.13. The van der Waals surface area contributed by atoms with Crippen molar-refractivity contribution in [2.24, 2.45) is 0 Å². The number of nitrogens with zero attached hydrogens (tertiary/aromatic N) is 1. The van der Waals surface area contributed by atoms with Gasteiger partial charge in [0.05, 0.1) is 0 Å². The number of aromatic nitrogens is 1. The average Bonchev–Trinajstić information content (AvgIpc) is 2.63. The first kappa shape index (κ1) is 17.7. The lowest BCUT2D eigenvalue weighted by atomic mass is 10.1. The van der Waals surface area contributed by atoms with Gasteiger partial charge < -0.3 is 9.88 Å². The van der Waals surface area contributed by atoms with Crippen LogP contribution >= 0.6 is 0 Å². The number of pyridine rings is 1. The number of hydrogen-bond donors (Lipinski definition) is 1. The van der Waals surface area contributed by atoms with Crippen molar-refractivity contribution >= 4 is 11.6 Å². The zero-order valence-corrected chi connectivity index (χ0v) is 15.0. The van der Waals surface area contributed by atoms with Crippen LogP contribution in [0.5, 0.6) is 0 Å². The van der Waals surface area contributed by atoms with Gasteiger partial charge in [0, 0.05) is 29.7 Å². The zero-order chi connectivity index (χ0) is 18.5. The largest absolute Gasteiger partial charge is 0.348 e. The Bertz CT molecular complexity index is 961. The van der Waals surface area contributed by atoms with E-state index in [0.717, 1.165) is 12.1 Å². The molecule has 3 aromatic rings. The van der Waals surface area contributed by atoms with Gasteiger partial charge in [-0.2, -0.15) is 0 Å². The molecule has 0 aliphatic rings. The number of hydrogen-bond acceptors (Lipinski definition) is 2. The smallest absolute Gasteiger partial charge is 0.261 e. The van der Waals surface area contributed by atoms with Gasteiger partial charge in [-0.15, -0.1) is 0 Å². The standard InChI is InChI=1S/C22H22N2O2/c1-16-15-20(25)21(22(26)23-19-11-7-4-8-12-19)17(2)24(16)14-13-18-9-5-3-6-10-18/h3-12,15H,13-14H2,1-2H3,(H,23,26). The maximum Gasteiger partial charge on any atom is 0.261 e. The van der Waals surface area contributed by atoms with E-state index in [1.165, 1.54) is 11.6 Å². The maximum absolute atomic E-state index is 12.7. The topological polar surface area (TPSA) is 51.1 Å². The molecule has 1 aromatic heterocycles. The van der Waals surface area contributed by atoms with E-state index in [1.54, 1.807) is 12.1 Å². The molecule has 26 heavy (non-hydrogen) atoms. The summed E-state index contributed by atoms with van der Waals surface area (Å²) in [4.78, 5) is 25.1. The summed E-state index contributed by atoms with van der Waals surface area (Å²) in [6, 6.07) is 20.9. The van der Waals surface area contributed by atoms with E-state index in [1.807, 2.05) is 54.8 Å². The summed E-state index contributed by atoms with van der Waals surface area (Å²) in [5, 5.41) is 2.81. The summed E-state index contributed by atoms with van der Waals surface area (Å²) in [5.41, 5.74) is 3.41. The molecule has 3 rings (SSSR count). The SMILES string of the molecule is Cc1cc(=O)c(C(=O)Nc2ccccc2)c(C)n1CCc1ccccc1. The lowest BCUT2D eigenvalue weighted by Crippen LogP contribution is -2.27. The minimum Gasteiger partial charge on any atom is -0.348 e. The fraction of sp³-hybridized carbons (Fsp3) is 0.182. The number of anilines is 1. The van der Waals surface area contributed by atoms with Crippen LogP contribution in [0.15, 0.2) is 71.5 Å². The summed E-state index contributed by atoms with van der Waals surface area (Å²) in [6.45, 7) is 4.45. The van der Waals surface area contributed by atoms with Gasteiger partial charge in [0.2, 0.25) is 0 Å². The second-order valence-corrected chi connectivity index (χ2v) is 6.32. The van der Waals surface area contributed by atoms with Crippen molar-refractivity contribution in [3.05, 3.63) is 99.5 Å². The number of carbonyl (C=O) groups is 1. The number of aryl methyl sites for hydroxylation is 2. The molecule has 0 atom stereocenters. The highest BCUT2D eigenvalue weighted by molar-refractivity contribution is 6.04. The summed E-state index contributed by atoms with van der Waals surface area (Å²) in [5.74, 6) is -0.368. The van der Waals surface area contributed by atoms with E-state index in [9.17, 15) is 9.59 Å². The van der Waals surface area contributed by atoms with E-state index in [0.29, 0.717) is 17.9 Å². The number of amides is 1. The number of nitrogens with one attached hydrogen (secondary N) is 1. The van der Waals surface area contributed by atoms with Crippen molar-refractivity contribution < 1.29 is 4.79 Å². The highest BCUT2D eigenvalue weighted by atomic mass is 16.2. The van der Waals surface area contributed by atoms with E-state index in [4.69, 9.17) is 0 Å².